The van der Waals surface area contributed by atoms with Gasteiger partial charge in [0.15, 0.2) is 0 Å². The predicted molar refractivity (Wildman–Crippen MR) is 182 cm³/mol. The van der Waals surface area contributed by atoms with Crippen LogP contribution in [0.1, 0.15) is 5.56 Å². The van der Waals surface area contributed by atoms with E-state index in [0.717, 1.165) is 0 Å². The van der Waals surface area contributed by atoms with E-state index in [2.05, 4.69) is 171 Å². The molecule has 0 aliphatic rings. The summed E-state index contributed by atoms with van der Waals surface area (Å²) in [4.78, 5) is 0. The van der Waals surface area contributed by atoms with Crippen LogP contribution in [0.3, 0.4) is 0 Å². The van der Waals surface area contributed by atoms with Gasteiger partial charge in [0.2, 0.25) is 0 Å². The van der Waals surface area contributed by atoms with Crippen LogP contribution in [0.2, 0.25) is 6.55 Å². The van der Waals surface area contributed by atoms with Gasteiger partial charge in [-0.05, 0) is 17.7 Å². The van der Waals surface area contributed by atoms with Crippen LogP contribution in [-0.2, 0) is 23.3 Å². The van der Waals surface area contributed by atoms with Gasteiger partial charge < -0.3 is 24.8 Å². The topological polar surface area (TPSA) is 0 Å². The maximum Gasteiger partial charge on any atom is -0.0250 e. The molecule has 44 heavy (non-hydrogen) atoms. The summed E-state index contributed by atoms with van der Waals surface area (Å²) in [5.74, 6) is 0. The zero-order valence-corrected chi connectivity index (χ0v) is 29.7. The van der Waals surface area contributed by atoms with Crippen molar-refractivity contribution in [2.24, 2.45) is 0 Å². The second-order valence-electron chi connectivity index (χ2n) is 10.7. The van der Waals surface area contributed by atoms with Gasteiger partial charge in [-0.2, -0.15) is 0 Å². The molecule has 0 nitrogen and oxygen atoms in total. The molecule has 0 aromatic heterocycles. The Morgan fingerprint density at radius 1 is 0.500 bits per heavy atom. The van der Waals surface area contributed by atoms with E-state index in [1.54, 1.807) is 28.5 Å². The van der Waals surface area contributed by atoms with E-state index in [-0.39, 0.29) is 30.2 Å². The van der Waals surface area contributed by atoms with Crippen LogP contribution in [0.15, 0.2) is 158 Å². The van der Waals surface area contributed by atoms with Crippen LogP contribution in [-0.4, -0.2) is 5.43 Å². The second kappa shape index (κ2) is 15.6. The molecule has 0 radical (unpaired) electrons. The number of hydrogen-bond acceptors (Lipinski definition) is 0. The van der Waals surface area contributed by atoms with Crippen LogP contribution in [0.25, 0.3) is 54.2 Å². The molecule has 0 bridgehead atoms. The van der Waals surface area contributed by atoms with Crippen LogP contribution < -0.4 is 30.0 Å². The first-order valence-electron chi connectivity index (χ1n) is 14.4. The standard InChI is InChI=1S/C20H15.C13H9.C7H8Si.2ClH.Zr/c1-14-10-17-8-4-5-9-19(17)20(11-14)18-12-15-6-2-3-7-16(15)13-18;1-3-7-12-10(5-1)9-11-6-2-4-8-13(11)12;1-8-7-5-3-2-4-6-7;;;/h2-13H,1H3;1-9H;2-6H,1H3;2*1H;/q2*-1;;;;+2/p-2. The van der Waals surface area contributed by atoms with Crippen molar-refractivity contribution in [3.8, 4) is 11.1 Å². The van der Waals surface area contributed by atoms with Crippen molar-refractivity contribution in [1.29, 1.82) is 0 Å². The number of benzene rings is 6. The van der Waals surface area contributed by atoms with Gasteiger partial charge in [0.25, 0.3) is 0 Å². The Balaban J connectivity index is 0.000000160. The van der Waals surface area contributed by atoms with Crippen molar-refractivity contribution in [2.45, 2.75) is 13.5 Å². The Kier molecular flexibility index (Phi) is 12.0. The van der Waals surface area contributed by atoms with Gasteiger partial charge in [-0.3, -0.25) is 0 Å². The molecule has 0 saturated carbocycles. The first-order valence-corrected chi connectivity index (χ1v) is 20.0. The molecule has 0 fully saturated rings. The molecule has 0 saturated heterocycles. The molecule has 216 valence electrons. The number of rotatable bonds is 2. The summed E-state index contributed by atoms with van der Waals surface area (Å²) in [5, 5.41) is 12.2. The molecule has 0 amide bonds. The molecule has 0 aliphatic carbocycles. The maximum absolute atomic E-state index is 2.35. The summed E-state index contributed by atoms with van der Waals surface area (Å²) >= 11 is 1.69. The summed E-state index contributed by atoms with van der Waals surface area (Å²) in [6, 6.07) is 56.3. The summed E-state index contributed by atoms with van der Waals surface area (Å²) in [5.41, 5.74) is 3.83. The smallest absolute Gasteiger partial charge is 0.0250 e. The fraction of sp³-hybridized carbons (Fsp3) is 0.0500. The minimum Gasteiger partial charge on any atom is -1.00 e. The van der Waals surface area contributed by atoms with Gasteiger partial charge in [-0.1, -0.05) is 102 Å². The molecule has 0 spiro atoms. The van der Waals surface area contributed by atoms with Crippen molar-refractivity contribution < 1.29 is 48.1 Å². The monoisotopic (exact) mass is 700 g/mol. The van der Waals surface area contributed by atoms with E-state index >= 15 is 0 Å². The molecule has 0 aliphatic heterocycles. The second-order valence-corrected chi connectivity index (χ2v) is 18.1. The van der Waals surface area contributed by atoms with Crippen LogP contribution in [0, 0.1) is 6.92 Å². The summed E-state index contributed by atoms with van der Waals surface area (Å²) < 4.78 is 0. The van der Waals surface area contributed by atoms with Gasteiger partial charge >= 0.3 is 70.8 Å². The van der Waals surface area contributed by atoms with Gasteiger partial charge in [-0.15, -0.1) is 74.3 Å². The normalized spacial score (nSPS) is 10.3. The van der Waals surface area contributed by atoms with E-state index in [4.69, 9.17) is 0 Å². The SMILES string of the molecule is C[Si](=[Zr+2])c1ccccc1.Cc1cc(-c2cc3ccccc3[cH-]2)c2ccccc2c1.[Cl-].[Cl-].c1ccc2c(c1)[cH-]c1ccccc12. The summed E-state index contributed by atoms with van der Waals surface area (Å²) in [6.45, 7) is 4.51. The number of halogens is 2. The molecule has 8 rings (SSSR count). The van der Waals surface area contributed by atoms with Gasteiger partial charge in [0.05, 0.1) is 0 Å². The first-order chi connectivity index (χ1) is 20.6. The predicted octanol–water partition coefficient (Wildman–Crippen LogP) is 4.47. The average Bonchev–Trinajstić information content (AvgIpc) is 3.63. The minimum atomic E-state index is -0.122. The molecular weight excluding hydrogens is 671 g/mol. The number of fused-ring (bicyclic) bond motifs is 5. The zero-order valence-electron chi connectivity index (χ0n) is 24.8. The van der Waals surface area contributed by atoms with E-state index in [1.165, 1.54) is 59.8 Å². The fourth-order valence-electron chi connectivity index (χ4n) is 5.60. The van der Waals surface area contributed by atoms with Crippen molar-refractivity contribution >= 4 is 53.7 Å². The van der Waals surface area contributed by atoms with Gasteiger partial charge in [0, 0.05) is 0 Å². The average molecular weight is 703 g/mol. The van der Waals surface area contributed by atoms with Crippen LogP contribution in [0.4, 0.5) is 0 Å². The van der Waals surface area contributed by atoms with E-state index in [0.29, 0.717) is 0 Å². The molecule has 0 N–H and O–H groups in total. The molecule has 4 heteroatoms. The van der Waals surface area contributed by atoms with Gasteiger partial charge in [-0.25, -0.2) is 0 Å². The first kappa shape index (κ1) is 33.6. The van der Waals surface area contributed by atoms with Crippen LogP contribution in [0.5, 0.6) is 0 Å². The third kappa shape index (κ3) is 7.68. The number of aryl methyl sites for hydroxylation is 1. The van der Waals surface area contributed by atoms with Gasteiger partial charge in [0.1, 0.15) is 0 Å². The van der Waals surface area contributed by atoms with E-state index < -0.39 is 0 Å². The van der Waals surface area contributed by atoms with Crippen molar-refractivity contribution in [1.82, 2.24) is 0 Å². The zero-order chi connectivity index (χ0) is 28.9. The van der Waals surface area contributed by atoms with Crippen LogP contribution >= 0.6 is 0 Å². The largest absolute Gasteiger partial charge is 1.00 e. The molecule has 0 atom stereocenters. The molecule has 0 heterocycles. The van der Waals surface area contributed by atoms with E-state index in [1.807, 2.05) is 0 Å². The third-order valence-corrected chi connectivity index (χ3v) is 11.0. The summed E-state index contributed by atoms with van der Waals surface area (Å²) in [6.07, 6.45) is 0. The van der Waals surface area contributed by atoms with Crippen molar-refractivity contribution in [2.75, 3.05) is 0 Å². The minimum absolute atomic E-state index is 0. The molecule has 8 aromatic carbocycles. The maximum atomic E-state index is 2.35. The third-order valence-electron chi connectivity index (χ3n) is 7.66. The Labute approximate surface area is 287 Å². The summed E-state index contributed by atoms with van der Waals surface area (Å²) in [7, 11) is 0. The fourth-order valence-corrected chi connectivity index (χ4v) is 7.52. The Morgan fingerprint density at radius 3 is 1.57 bits per heavy atom. The van der Waals surface area contributed by atoms with Crippen molar-refractivity contribution in [3.63, 3.8) is 0 Å². The molecular formula is C40H32Cl2SiZr-2. The van der Waals surface area contributed by atoms with E-state index in [9.17, 15) is 0 Å². The Hall–Kier alpha value is -3.26. The Morgan fingerprint density at radius 2 is 1.00 bits per heavy atom. The molecule has 8 aromatic rings. The Bertz CT molecular complexity index is 2060. The van der Waals surface area contributed by atoms with Crippen molar-refractivity contribution in [3.05, 3.63) is 163 Å². The number of hydrogen-bond donors (Lipinski definition) is 0. The quantitative estimate of drug-likeness (QED) is 0.185. The molecule has 0 unspecified atom stereocenters.